The number of nitrogens with one attached hydrogen (secondary N) is 2. The van der Waals surface area contributed by atoms with Gasteiger partial charge in [-0.3, -0.25) is 9.59 Å². The number of rotatable bonds is 6. The zero-order valence-electron chi connectivity index (χ0n) is 17.4. The van der Waals surface area contributed by atoms with Crippen molar-refractivity contribution in [2.24, 2.45) is 5.92 Å². The average molecular weight is 420 g/mol. The normalized spacial score (nSPS) is 15.7. The number of nitrogens with zero attached hydrogens (tertiary/aromatic N) is 1. The molecule has 1 aromatic heterocycles. The fourth-order valence-electron chi connectivity index (χ4n) is 4.08. The van der Waals surface area contributed by atoms with Gasteiger partial charge in [0, 0.05) is 23.6 Å². The lowest BCUT2D eigenvalue weighted by Crippen LogP contribution is -2.32. The van der Waals surface area contributed by atoms with Crippen molar-refractivity contribution < 1.29 is 9.18 Å². The van der Waals surface area contributed by atoms with Crippen LogP contribution in [0, 0.1) is 11.7 Å². The number of aromatic amines is 1. The summed E-state index contributed by atoms with van der Waals surface area (Å²) >= 11 is 0. The van der Waals surface area contributed by atoms with Crippen LogP contribution in [0.5, 0.6) is 0 Å². The number of aromatic nitrogens is 2. The van der Waals surface area contributed by atoms with Crippen LogP contribution in [0.3, 0.4) is 0 Å². The number of fused-ring (bicyclic) bond motifs is 1. The molecule has 2 N–H and O–H groups in total. The highest BCUT2D eigenvalue weighted by molar-refractivity contribution is 5.78. The molecule has 31 heavy (non-hydrogen) atoms. The smallest absolute Gasteiger partial charge is 0.254 e. The van der Waals surface area contributed by atoms with Crippen LogP contribution in [-0.4, -0.2) is 22.4 Å². The quantitative estimate of drug-likeness (QED) is 0.471. The van der Waals surface area contributed by atoms with Gasteiger partial charge in [0.25, 0.3) is 5.56 Å². The number of hydrogen-bond acceptors (Lipinski definition) is 3. The topological polar surface area (TPSA) is 74.8 Å². The van der Waals surface area contributed by atoms with Gasteiger partial charge in [-0.15, -0.1) is 0 Å². The molecule has 0 bridgehead atoms. The lowest BCUT2D eigenvalue weighted by molar-refractivity contribution is -0.125. The van der Waals surface area contributed by atoms with E-state index in [0.29, 0.717) is 49.2 Å². The third-order valence-electron chi connectivity index (χ3n) is 5.85. The van der Waals surface area contributed by atoms with Gasteiger partial charge < -0.3 is 10.3 Å². The monoisotopic (exact) mass is 419 g/mol. The van der Waals surface area contributed by atoms with E-state index in [9.17, 15) is 14.0 Å². The summed E-state index contributed by atoms with van der Waals surface area (Å²) in [5.74, 6) is 0.0293. The highest BCUT2D eigenvalue weighted by Gasteiger charge is 2.25. The third kappa shape index (κ3) is 5.26. The summed E-state index contributed by atoms with van der Waals surface area (Å²) < 4.78 is 13.2. The number of carbonyl (C=O) groups excluding carboxylic acids is 1. The zero-order chi connectivity index (χ0) is 21.6. The second-order valence-electron chi connectivity index (χ2n) is 8.00. The Bertz CT molecular complexity index is 1090. The van der Waals surface area contributed by atoms with Crippen molar-refractivity contribution in [3.8, 4) is 11.4 Å². The predicted molar refractivity (Wildman–Crippen MR) is 118 cm³/mol. The standard InChI is InChI=1S/C25H26FN3O2/c26-20-12-8-18(9-13-20)23-28-22-15-11-19(10-14-21(22)25(31)29-23)24(30)27-16-4-7-17-5-2-1-3-6-17/h1-3,5-6,8-9,12-13,19H,4,7,10-11,14-16H2,(H,27,30)(H,28,29,31). The van der Waals surface area contributed by atoms with Gasteiger partial charge >= 0.3 is 0 Å². The number of H-pyrrole nitrogens is 1. The lowest BCUT2D eigenvalue weighted by Gasteiger charge is -2.14. The Morgan fingerprint density at radius 2 is 1.81 bits per heavy atom. The third-order valence-corrected chi connectivity index (χ3v) is 5.85. The number of aryl methyl sites for hydroxylation is 2. The van der Waals surface area contributed by atoms with E-state index in [-0.39, 0.29) is 23.2 Å². The van der Waals surface area contributed by atoms with Gasteiger partial charge in [-0.2, -0.15) is 0 Å². The molecule has 1 heterocycles. The molecule has 0 saturated carbocycles. The van der Waals surface area contributed by atoms with Gasteiger partial charge in [-0.05, 0) is 68.4 Å². The maximum Gasteiger partial charge on any atom is 0.254 e. The highest BCUT2D eigenvalue weighted by Crippen LogP contribution is 2.23. The van der Waals surface area contributed by atoms with E-state index in [2.05, 4.69) is 27.4 Å². The molecule has 1 aliphatic rings. The summed E-state index contributed by atoms with van der Waals surface area (Å²) in [5, 5.41) is 3.05. The molecule has 1 aliphatic carbocycles. The van der Waals surface area contributed by atoms with Crippen molar-refractivity contribution in [3.05, 3.63) is 87.6 Å². The Labute approximate surface area is 180 Å². The van der Waals surface area contributed by atoms with Crippen LogP contribution in [0.25, 0.3) is 11.4 Å². The van der Waals surface area contributed by atoms with Crippen LogP contribution in [0.4, 0.5) is 4.39 Å². The van der Waals surface area contributed by atoms with E-state index >= 15 is 0 Å². The molecular weight excluding hydrogens is 393 g/mol. The van der Waals surface area contributed by atoms with E-state index in [1.54, 1.807) is 12.1 Å². The van der Waals surface area contributed by atoms with Crippen molar-refractivity contribution in [1.82, 2.24) is 15.3 Å². The molecule has 5 nitrogen and oxygen atoms in total. The van der Waals surface area contributed by atoms with Crippen LogP contribution in [-0.2, 0) is 24.1 Å². The first-order valence-electron chi connectivity index (χ1n) is 10.8. The summed E-state index contributed by atoms with van der Waals surface area (Å²) in [6, 6.07) is 16.1. The molecule has 2 aromatic carbocycles. The fourth-order valence-corrected chi connectivity index (χ4v) is 4.08. The van der Waals surface area contributed by atoms with Crippen molar-refractivity contribution in [1.29, 1.82) is 0 Å². The van der Waals surface area contributed by atoms with Gasteiger partial charge in [0.15, 0.2) is 0 Å². The molecule has 1 atom stereocenters. The number of carbonyl (C=O) groups is 1. The Hall–Kier alpha value is -3.28. The molecule has 1 unspecified atom stereocenters. The number of hydrogen-bond donors (Lipinski definition) is 2. The Morgan fingerprint density at radius 3 is 2.58 bits per heavy atom. The predicted octanol–water partition coefficient (Wildman–Crippen LogP) is 3.82. The van der Waals surface area contributed by atoms with Crippen molar-refractivity contribution in [2.45, 2.75) is 38.5 Å². The minimum atomic E-state index is -0.335. The molecule has 3 aromatic rings. The maximum absolute atomic E-state index is 13.2. The van der Waals surface area contributed by atoms with Crippen LogP contribution in [0.15, 0.2) is 59.4 Å². The summed E-state index contributed by atoms with van der Waals surface area (Å²) in [6.45, 7) is 0.644. The Morgan fingerprint density at radius 1 is 1.06 bits per heavy atom. The molecule has 0 spiro atoms. The summed E-state index contributed by atoms with van der Waals surface area (Å²) in [5.41, 5.74) is 3.16. The van der Waals surface area contributed by atoms with Gasteiger partial charge in [-0.25, -0.2) is 9.37 Å². The largest absolute Gasteiger partial charge is 0.356 e. The van der Waals surface area contributed by atoms with Crippen molar-refractivity contribution >= 4 is 5.91 Å². The maximum atomic E-state index is 13.2. The first-order chi connectivity index (χ1) is 15.1. The molecule has 6 heteroatoms. The molecule has 160 valence electrons. The molecule has 4 rings (SSSR count). The number of amides is 1. The number of halogens is 1. The van der Waals surface area contributed by atoms with Gasteiger partial charge in [-0.1, -0.05) is 30.3 Å². The molecule has 1 amide bonds. The van der Waals surface area contributed by atoms with Gasteiger partial charge in [0.2, 0.25) is 5.91 Å². The molecule has 0 radical (unpaired) electrons. The van der Waals surface area contributed by atoms with Crippen LogP contribution in [0.2, 0.25) is 0 Å². The van der Waals surface area contributed by atoms with Crippen molar-refractivity contribution in [3.63, 3.8) is 0 Å². The summed E-state index contributed by atoms with van der Waals surface area (Å²) in [4.78, 5) is 32.7. The summed E-state index contributed by atoms with van der Waals surface area (Å²) in [7, 11) is 0. The second-order valence-corrected chi connectivity index (χ2v) is 8.00. The second kappa shape index (κ2) is 9.69. The zero-order valence-corrected chi connectivity index (χ0v) is 17.4. The SMILES string of the molecule is O=C(NCCCc1ccccc1)C1CCc2nc(-c3ccc(F)cc3)[nH]c(=O)c2CC1. The number of benzene rings is 2. The highest BCUT2D eigenvalue weighted by atomic mass is 19.1. The lowest BCUT2D eigenvalue weighted by atomic mass is 9.98. The Balaban J connectivity index is 1.36. The molecule has 0 fully saturated rings. The summed E-state index contributed by atoms with van der Waals surface area (Å²) in [6.07, 6.45) is 4.24. The first-order valence-corrected chi connectivity index (χ1v) is 10.8. The van der Waals surface area contributed by atoms with E-state index in [0.717, 1.165) is 18.5 Å². The van der Waals surface area contributed by atoms with Crippen LogP contribution in [0.1, 0.15) is 36.1 Å². The van der Waals surface area contributed by atoms with Crippen molar-refractivity contribution in [2.75, 3.05) is 6.54 Å². The van der Waals surface area contributed by atoms with Crippen LogP contribution >= 0.6 is 0 Å². The van der Waals surface area contributed by atoms with Gasteiger partial charge in [0.1, 0.15) is 11.6 Å². The minimum Gasteiger partial charge on any atom is -0.356 e. The van der Waals surface area contributed by atoms with Crippen LogP contribution < -0.4 is 10.9 Å². The van der Waals surface area contributed by atoms with E-state index in [1.165, 1.54) is 17.7 Å². The molecular formula is C25H26FN3O2. The average Bonchev–Trinajstić information content (AvgIpc) is 3.01. The fraction of sp³-hybridized carbons (Fsp3) is 0.320. The minimum absolute atomic E-state index is 0.0519. The van der Waals surface area contributed by atoms with E-state index in [1.807, 2.05) is 18.2 Å². The first kappa shape index (κ1) is 21.0. The Kier molecular flexibility index (Phi) is 6.55. The molecule has 0 saturated heterocycles. The van der Waals surface area contributed by atoms with E-state index < -0.39 is 0 Å². The molecule has 0 aliphatic heterocycles. The van der Waals surface area contributed by atoms with E-state index in [4.69, 9.17) is 0 Å². The van der Waals surface area contributed by atoms with Gasteiger partial charge in [0.05, 0.1) is 5.69 Å².